The van der Waals surface area contributed by atoms with Crippen LogP contribution >= 0.6 is 0 Å². The molecule has 3 aromatic carbocycles. The molecule has 0 saturated carbocycles. The highest BCUT2D eigenvalue weighted by atomic mass is 16.5. The molecule has 1 amide bonds. The number of fused-ring (bicyclic) bond motifs is 2. The molecule has 0 aliphatic rings. The molecule has 0 fully saturated rings. The van der Waals surface area contributed by atoms with Crippen LogP contribution in [-0.4, -0.2) is 33.9 Å². The van der Waals surface area contributed by atoms with Crippen LogP contribution in [0.5, 0.6) is 5.75 Å². The largest absolute Gasteiger partial charge is 0.496 e. The van der Waals surface area contributed by atoms with Crippen LogP contribution in [0.25, 0.3) is 22.2 Å². The number of carbonyl (C=O) groups excluding carboxylic acids is 1. The molecule has 0 aliphatic heterocycles. The predicted molar refractivity (Wildman–Crippen MR) is 139 cm³/mol. The van der Waals surface area contributed by atoms with Crippen LogP contribution < -0.4 is 15.8 Å². The van der Waals surface area contributed by atoms with Crippen molar-refractivity contribution in [3.05, 3.63) is 89.0 Å². The van der Waals surface area contributed by atoms with Gasteiger partial charge in [-0.25, -0.2) is 9.97 Å². The second kappa shape index (κ2) is 8.90. The Morgan fingerprint density at radius 2 is 1.71 bits per heavy atom. The maximum Gasteiger partial charge on any atom is 0.261 e. The summed E-state index contributed by atoms with van der Waals surface area (Å²) in [6.07, 6.45) is 1.62. The molecule has 8 nitrogen and oxygen atoms in total. The molecule has 0 atom stereocenters. The highest BCUT2D eigenvalue weighted by Crippen LogP contribution is 2.29. The highest BCUT2D eigenvalue weighted by molar-refractivity contribution is 6.16. The zero-order valence-corrected chi connectivity index (χ0v) is 19.6. The predicted octanol–water partition coefficient (Wildman–Crippen LogP) is 4.93. The summed E-state index contributed by atoms with van der Waals surface area (Å²) in [6, 6.07) is 20.7. The number of nitrogens with one attached hydrogen (secondary N) is 1. The molecule has 5 rings (SSSR count). The van der Waals surface area contributed by atoms with Crippen molar-refractivity contribution in [1.29, 1.82) is 0 Å². The van der Waals surface area contributed by atoms with Crippen LogP contribution in [0.3, 0.4) is 0 Å². The van der Waals surface area contributed by atoms with Gasteiger partial charge in [-0.05, 0) is 61.4 Å². The van der Waals surface area contributed by atoms with Crippen LogP contribution in [-0.2, 0) is 0 Å². The summed E-state index contributed by atoms with van der Waals surface area (Å²) in [5.41, 5.74) is 12.5. The third-order valence-electron chi connectivity index (χ3n) is 5.92. The fourth-order valence-electron chi connectivity index (χ4n) is 3.89. The number of nitrogen functional groups attached to an aromatic ring is 1. The van der Waals surface area contributed by atoms with Crippen molar-refractivity contribution in [1.82, 2.24) is 14.6 Å². The molecule has 2 heterocycles. The monoisotopic (exact) mass is 464 g/mol. The van der Waals surface area contributed by atoms with E-state index < -0.39 is 0 Å². The maximum atomic E-state index is 13.4. The molecule has 0 aliphatic carbocycles. The van der Waals surface area contributed by atoms with E-state index in [4.69, 9.17) is 20.4 Å². The Hall–Kier alpha value is -4.72. The van der Waals surface area contributed by atoms with Gasteiger partial charge in [0.25, 0.3) is 5.91 Å². The van der Waals surface area contributed by atoms with Crippen LogP contribution in [0.15, 0.2) is 71.8 Å². The van der Waals surface area contributed by atoms with Gasteiger partial charge < -0.3 is 15.8 Å². The van der Waals surface area contributed by atoms with Gasteiger partial charge in [0.1, 0.15) is 22.6 Å². The number of hydrogen-bond donors (Lipinski definition) is 2. The van der Waals surface area contributed by atoms with E-state index in [1.54, 1.807) is 13.3 Å². The van der Waals surface area contributed by atoms with Crippen LogP contribution in [0.1, 0.15) is 27.0 Å². The summed E-state index contributed by atoms with van der Waals surface area (Å²) in [4.78, 5) is 22.9. The number of benzene rings is 3. The van der Waals surface area contributed by atoms with Crippen molar-refractivity contribution in [2.75, 3.05) is 18.2 Å². The van der Waals surface area contributed by atoms with E-state index >= 15 is 0 Å². The summed E-state index contributed by atoms with van der Waals surface area (Å²) in [5, 5.41) is 7.50. The molecular formula is C27H24N6O2. The number of nitrogens with two attached hydrogens (primary N) is 1. The maximum absolute atomic E-state index is 13.4. The lowest BCUT2D eigenvalue weighted by Gasteiger charge is -2.08. The number of ether oxygens (including phenoxy) is 1. The number of amides is 1. The quantitative estimate of drug-likeness (QED) is 0.359. The number of aromatic nitrogens is 3. The van der Waals surface area contributed by atoms with Crippen LogP contribution in [0.4, 0.5) is 11.5 Å². The van der Waals surface area contributed by atoms with Gasteiger partial charge in [0.15, 0.2) is 5.65 Å². The molecule has 2 aromatic heterocycles. The van der Waals surface area contributed by atoms with Crippen molar-refractivity contribution in [2.45, 2.75) is 13.8 Å². The van der Waals surface area contributed by atoms with E-state index in [0.29, 0.717) is 33.6 Å². The number of rotatable bonds is 5. The number of anilines is 2. The number of aryl methyl sites for hydroxylation is 2. The second-order valence-electron chi connectivity index (χ2n) is 8.20. The Balaban J connectivity index is 1.66. The molecule has 174 valence electrons. The molecule has 0 unspecified atom stereocenters. The van der Waals surface area contributed by atoms with Crippen molar-refractivity contribution >= 4 is 45.8 Å². The first-order chi connectivity index (χ1) is 17.0. The van der Waals surface area contributed by atoms with E-state index in [9.17, 15) is 4.79 Å². The van der Waals surface area contributed by atoms with E-state index in [0.717, 1.165) is 16.7 Å². The van der Waals surface area contributed by atoms with Crippen LogP contribution in [0.2, 0.25) is 0 Å². The van der Waals surface area contributed by atoms with Crippen molar-refractivity contribution in [3.8, 4) is 5.75 Å². The summed E-state index contributed by atoms with van der Waals surface area (Å²) in [7, 11) is 1.60. The normalized spacial score (nSPS) is 11.4. The first-order valence-electron chi connectivity index (χ1n) is 11.1. The number of carbonyl (C=O) groups is 1. The number of para-hydroxylation sites is 3. The van der Waals surface area contributed by atoms with Crippen LogP contribution in [0, 0.1) is 13.8 Å². The van der Waals surface area contributed by atoms with E-state index in [2.05, 4.69) is 10.4 Å². The van der Waals surface area contributed by atoms with E-state index in [1.807, 2.05) is 80.6 Å². The average molecular weight is 465 g/mol. The fourth-order valence-corrected chi connectivity index (χ4v) is 3.89. The van der Waals surface area contributed by atoms with Crippen molar-refractivity contribution in [3.63, 3.8) is 0 Å². The third kappa shape index (κ3) is 4.06. The molecule has 0 radical (unpaired) electrons. The summed E-state index contributed by atoms with van der Waals surface area (Å²) < 4.78 is 6.85. The third-order valence-corrected chi connectivity index (χ3v) is 5.92. The zero-order chi connectivity index (χ0) is 24.5. The fraction of sp³-hybridized carbons (Fsp3) is 0.111. The van der Waals surface area contributed by atoms with Gasteiger partial charge >= 0.3 is 0 Å². The molecule has 0 saturated heterocycles. The Kier molecular flexibility index (Phi) is 5.62. The lowest BCUT2D eigenvalue weighted by Crippen LogP contribution is -2.14. The van der Waals surface area contributed by atoms with E-state index in [1.165, 1.54) is 4.68 Å². The molecule has 0 bridgehead atoms. The minimum Gasteiger partial charge on any atom is -0.496 e. The Labute approximate surface area is 202 Å². The minimum absolute atomic E-state index is 0.141. The average Bonchev–Trinajstić information content (AvgIpc) is 3.13. The summed E-state index contributed by atoms with van der Waals surface area (Å²) >= 11 is 0. The lowest BCUT2D eigenvalue weighted by molar-refractivity contribution is 0.102. The SMILES string of the molecule is COc1ccccc1/C=N\n1c(N)c(C(=O)Nc2ccc(C)c(C)c2)c2nc3ccccc3nc21. The zero-order valence-electron chi connectivity index (χ0n) is 19.6. The summed E-state index contributed by atoms with van der Waals surface area (Å²) in [6.45, 7) is 4.02. The Morgan fingerprint density at radius 1 is 1.00 bits per heavy atom. The van der Waals surface area contributed by atoms with Crippen molar-refractivity contribution < 1.29 is 9.53 Å². The number of hydrogen-bond acceptors (Lipinski definition) is 6. The smallest absolute Gasteiger partial charge is 0.261 e. The molecule has 3 N–H and O–H groups in total. The Bertz CT molecular complexity index is 1620. The highest BCUT2D eigenvalue weighted by Gasteiger charge is 2.24. The molecule has 0 spiro atoms. The summed E-state index contributed by atoms with van der Waals surface area (Å²) in [5.74, 6) is 0.421. The van der Waals surface area contributed by atoms with Gasteiger partial charge in [-0.1, -0.05) is 30.3 Å². The van der Waals surface area contributed by atoms with Gasteiger partial charge in [0.05, 0.1) is 24.4 Å². The Morgan fingerprint density at radius 3 is 2.46 bits per heavy atom. The second-order valence-corrected chi connectivity index (χ2v) is 8.20. The first-order valence-corrected chi connectivity index (χ1v) is 11.1. The molecule has 35 heavy (non-hydrogen) atoms. The molecule has 5 aromatic rings. The standard InChI is InChI=1S/C27H24N6O2/c1-16-12-13-19(14-17(16)2)30-27(34)23-24-26(32-21-10-6-5-9-20(21)31-24)33(25(23)28)29-15-18-8-4-7-11-22(18)35-3/h4-15H,28H2,1-3H3,(H,30,34)/b29-15-. The van der Waals surface area contributed by atoms with Crippen molar-refractivity contribution in [2.24, 2.45) is 5.10 Å². The van der Waals surface area contributed by atoms with Gasteiger partial charge in [-0.2, -0.15) is 9.78 Å². The number of methoxy groups -OCH3 is 1. The molecular weight excluding hydrogens is 440 g/mol. The number of nitrogens with zero attached hydrogens (tertiary/aromatic N) is 4. The van der Waals surface area contributed by atoms with E-state index in [-0.39, 0.29) is 17.3 Å². The van der Waals surface area contributed by atoms with Gasteiger partial charge in [0.2, 0.25) is 0 Å². The van der Waals surface area contributed by atoms with Gasteiger partial charge in [0, 0.05) is 11.3 Å². The lowest BCUT2D eigenvalue weighted by atomic mass is 10.1. The first kappa shape index (κ1) is 22.1. The van der Waals surface area contributed by atoms with Gasteiger partial charge in [-0.3, -0.25) is 4.79 Å². The van der Waals surface area contributed by atoms with Gasteiger partial charge in [-0.15, -0.1) is 0 Å². The molecule has 8 heteroatoms. The minimum atomic E-state index is -0.383. The topological polar surface area (TPSA) is 107 Å².